The zero-order chi connectivity index (χ0) is 21.4. The molecule has 29 heavy (non-hydrogen) atoms. The van der Waals surface area contributed by atoms with Crippen molar-refractivity contribution < 1.29 is 13.9 Å². The normalized spacial score (nSPS) is 14.3. The van der Waals surface area contributed by atoms with E-state index in [1.54, 1.807) is 24.3 Å². The van der Waals surface area contributed by atoms with Gasteiger partial charge in [0.1, 0.15) is 11.5 Å². The summed E-state index contributed by atoms with van der Waals surface area (Å²) in [7, 11) is 0. The Morgan fingerprint density at radius 3 is 2.48 bits per heavy atom. The summed E-state index contributed by atoms with van der Waals surface area (Å²) >= 11 is 6.20. The van der Waals surface area contributed by atoms with Crippen LogP contribution in [0.1, 0.15) is 51.6 Å². The Balaban J connectivity index is 2.14. The molecule has 0 unspecified atom stereocenters. The van der Waals surface area contributed by atoms with Crippen LogP contribution in [0.2, 0.25) is 5.02 Å². The Labute approximate surface area is 177 Å². The lowest BCUT2D eigenvalue weighted by molar-refractivity contribution is -0.120. The van der Waals surface area contributed by atoms with Crippen LogP contribution in [0.25, 0.3) is 0 Å². The van der Waals surface area contributed by atoms with Crippen molar-refractivity contribution in [2.24, 2.45) is 11.7 Å². The fourth-order valence-electron chi connectivity index (χ4n) is 3.24. The number of hydrogen-bond donors (Lipinski definition) is 2. The topological polar surface area (TPSA) is 64.4 Å². The van der Waals surface area contributed by atoms with Gasteiger partial charge >= 0.3 is 0 Å². The molecule has 2 aromatic carbocycles. The number of ether oxygens (including phenoxy) is 1. The van der Waals surface area contributed by atoms with Gasteiger partial charge < -0.3 is 15.8 Å². The molecule has 0 fully saturated rings. The first-order chi connectivity index (χ1) is 13.8. The van der Waals surface area contributed by atoms with Gasteiger partial charge in [0.2, 0.25) is 0 Å². The number of carbonyl (C=O) groups is 1. The smallest absolute Gasteiger partial charge is 0.181 e. The predicted molar refractivity (Wildman–Crippen MR) is 116 cm³/mol. The van der Waals surface area contributed by atoms with Crippen molar-refractivity contribution in [3.8, 4) is 11.5 Å². The molecule has 2 rings (SSSR count). The minimum atomic E-state index is -0.490. The van der Waals surface area contributed by atoms with Crippen LogP contribution in [0.5, 0.6) is 11.5 Å². The van der Waals surface area contributed by atoms with Gasteiger partial charge in [-0.3, -0.25) is 4.79 Å². The number of Topliss-reactive ketones (excluding diaryl/α,β-unsaturated/α-hetero) is 1. The maximum Gasteiger partial charge on any atom is 0.181 e. The van der Waals surface area contributed by atoms with Crippen LogP contribution in [0, 0.1) is 11.7 Å². The van der Waals surface area contributed by atoms with Crippen molar-refractivity contribution in [1.29, 1.82) is 0 Å². The van der Waals surface area contributed by atoms with E-state index >= 15 is 4.39 Å². The summed E-state index contributed by atoms with van der Waals surface area (Å²) in [6.45, 7) is 6.35. The zero-order valence-corrected chi connectivity index (χ0v) is 18.0. The summed E-state index contributed by atoms with van der Waals surface area (Å²) < 4.78 is 21.0. The lowest BCUT2D eigenvalue weighted by Crippen LogP contribution is -2.33. The van der Waals surface area contributed by atoms with Crippen LogP contribution in [0.4, 0.5) is 4.39 Å². The standard InChI is InChI=1S/C23H30ClFN2O2/c1-4-21(27-16(3)13-17(28)12-15(2)14-26)19-10-11-20(24)23(22(19)25)29-18-8-6-5-7-9-18/h5-11,15-16,21,27H,4,12-14,26H2,1-3H3/t15-,16+,21-/m1/s1. The van der Waals surface area contributed by atoms with Crippen LogP contribution in [-0.4, -0.2) is 18.4 Å². The quantitative estimate of drug-likeness (QED) is 0.493. The number of rotatable bonds is 11. The van der Waals surface area contributed by atoms with Gasteiger partial charge in [0.25, 0.3) is 0 Å². The van der Waals surface area contributed by atoms with Crippen LogP contribution < -0.4 is 15.8 Å². The van der Waals surface area contributed by atoms with E-state index < -0.39 is 5.82 Å². The molecule has 158 valence electrons. The van der Waals surface area contributed by atoms with Crippen molar-refractivity contribution in [2.45, 2.75) is 52.1 Å². The van der Waals surface area contributed by atoms with Gasteiger partial charge in [-0.05, 0) is 44.0 Å². The van der Waals surface area contributed by atoms with E-state index in [-0.39, 0.29) is 34.6 Å². The fourth-order valence-corrected chi connectivity index (χ4v) is 3.43. The van der Waals surface area contributed by atoms with E-state index in [4.69, 9.17) is 22.1 Å². The van der Waals surface area contributed by atoms with E-state index in [0.717, 1.165) is 0 Å². The van der Waals surface area contributed by atoms with E-state index in [9.17, 15) is 4.79 Å². The third-order valence-electron chi connectivity index (χ3n) is 4.82. The average Bonchev–Trinajstić information content (AvgIpc) is 2.70. The minimum absolute atomic E-state index is 0.0103. The third-order valence-corrected chi connectivity index (χ3v) is 5.12. The fraction of sp³-hybridized carbons (Fsp3) is 0.435. The van der Waals surface area contributed by atoms with Crippen molar-refractivity contribution in [1.82, 2.24) is 5.32 Å². The van der Waals surface area contributed by atoms with Gasteiger partial charge in [-0.2, -0.15) is 0 Å². The Hall–Kier alpha value is -1.95. The third kappa shape index (κ3) is 6.81. The molecule has 2 aromatic rings. The number of nitrogens with one attached hydrogen (secondary N) is 1. The molecular weight excluding hydrogens is 391 g/mol. The molecule has 0 bridgehead atoms. The molecule has 4 nitrogen and oxygen atoms in total. The molecule has 3 N–H and O–H groups in total. The zero-order valence-electron chi connectivity index (χ0n) is 17.3. The molecule has 0 radical (unpaired) electrons. The number of carbonyl (C=O) groups excluding carboxylic acids is 1. The van der Waals surface area contributed by atoms with Gasteiger partial charge in [-0.15, -0.1) is 0 Å². The van der Waals surface area contributed by atoms with Gasteiger partial charge in [0, 0.05) is 30.5 Å². The van der Waals surface area contributed by atoms with E-state index in [1.807, 2.05) is 39.0 Å². The van der Waals surface area contributed by atoms with E-state index in [2.05, 4.69) is 5.32 Å². The monoisotopic (exact) mass is 420 g/mol. The maximum absolute atomic E-state index is 15.3. The molecule has 0 aliphatic heterocycles. The second-order valence-corrected chi connectivity index (χ2v) is 7.92. The first-order valence-electron chi connectivity index (χ1n) is 10.0. The summed E-state index contributed by atoms with van der Waals surface area (Å²) in [6.07, 6.45) is 1.49. The highest BCUT2D eigenvalue weighted by Crippen LogP contribution is 2.36. The number of hydrogen-bond acceptors (Lipinski definition) is 4. The molecule has 3 atom stereocenters. The van der Waals surface area contributed by atoms with Crippen molar-refractivity contribution in [3.05, 3.63) is 58.9 Å². The van der Waals surface area contributed by atoms with E-state index in [1.165, 1.54) is 0 Å². The maximum atomic E-state index is 15.3. The van der Waals surface area contributed by atoms with Gasteiger partial charge in [0.05, 0.1) is 5.02 Å². The van der Waals surface area contributed by atoms with Gasteiger partial charge in [-0.25, -0.2) is 4.39 Å². The number of nitrogens with two attached hydrogens (primary N) is 1. The molecule has 0 saturated carbocycles. The second-order valence-electron chi connectivity index (χ2n) is 7.51. The van der Waals surface area contributed by atoms with Crippen LogP contribution in [0.15, 0.2) is 42.5 Å². The number of benzene rings is 2. The Morgan fingerprint density at radius 1 is 1.17 bits per heavy atom. The first-order valence-corrected chi connectivity index (χ1v) is 10.4. The molecular formula is C23H30ClFN2O2. The lowest BCUT2D eigenvalue weighted by atomic mass is 9.98. The number of para-hydroxylation sites is 1. The van der Waals surface area contributed by atoms with E-state index in [0.29, 0.717) is 37.1 Å². The van der Waals surface area contributed by atoms with Crippen molar-refractivity contribution >= 4 is 17.4 Å². The Bertz CT molecular complexity index is 801. The molecule has 0 aromatic heterocycles. The lowest BCUT2D eigenvalue weighted by Gasteiger charge is -2.24. The molecule has 0 saturated heterocycles. The summed E-state index contributed by atoms with van der Waals surface area (Å²) in [4.78, 5) is 12.2. The summed E-state index contributed by atoms with van der Waals surface area (Å²) in [5.74, 6) is 0.358. The Kier molecular flexibility index (Phi) is 9.08. The second kappa shape index (κ2) is 11.3. The molecule has 0 spiro atoms. The SMILES string of the molecule is CC[C@@H](N[C@@H](C)CC(=O)C[C@@H](C)CN)c1ccc(Cl)c(Oc2ccccc2)c1F. The largest absolute Gasteiger partial charge is 0.453 e. The van der Waals surface area contributed by atoms with Crippen LogP contribution in [-0.2, 0) is 4.79 Å². The highest BCUT2D eigenvalue weighted by Gasteiger charge is 2.22. The Morgan fingerprint density at radius 2 is 1.86 bits per heavy atom. The van der Waals surface area contributed by atoms with Crippen LogP contribution in [0.3, 0.4) is 0 Å². The van der Waals surface area contributed by atoms with Gasteiger partial charge in [0.15, 0.2) is 11.6 Å². The molecule has 0 amide bonds. The molecule has 0 aliphatic carbocycles. The predicted octanol–water partition coefficient (Wildman–Crippen LogP) is 5.64. The summed E-state index contributed by atoms with van der Waals surface area (Å²) in [6, 6.07) is 11.9. The highest BCUT2D eigenvalue weighted by atomic mass is 35.5. The number of ketones is 1. The van der Waals surface area contributed by atoms with Crippen molar-refractivity contribution in [3.63, 3.8) is 0 Å². The highest BCUT2D eigenvalue weighted by molar-refractivity contribution is 6.32. The minimum Gasteiger partial charge on any atom is -0.453 e. The average molecular weight is 421 g/mol. The van der Waals surface area contributed by atoms with Crippen LogP contribution >= 0.6 is 11.6 Å². The summed E-state index contributed by atoms with van der Waals surface area (Å²) in [5, 5.41) is 3.58. The molecule has 0 aliphatic rings. The van der Waals surface area contributed by atoms with Gasteiger partial charge in [-0.1, -0.05) is 49.7 Å². The number of halogens is 2. The summed E-state index contributed by atoms with van der Waals surface area (Å²) in [5.41, 5.74) is 6.07. The molecule has 6 heteroatoms. The first kappa shape index (κ1) is 23.3. The molecule has 0 heterocycles. The van der Waals surface area contributed by atoms with Crippen molar-refractivity contribution in [2.75, 3.05) is 6.54 Å².